The summed E-state index contributed by atoms with van der Waals surface area (Å²) < 4.78 is 68.3. The molecule has 5 rings (SSSR count). The summed E-state index contributed by atoms with van der Waals surface area (Å²) in [5.41, 5.74) is 1.09. The van der Waals surface area contributed by atoms with Gasteiger partial charge in [0.1, 0.15) is 12.0 Å². The highest BCUT2D eigenvalue weighted by molar-refractivity contribution is 7.81. The van der Waals surface area contributed by atoms with Crippen molar-refractivity contribution in [3.8, 4) is 23.0 Å². The number of benzene rings is 2. The quantitative estimate of drug-likeness (QED) is 0.155. The predicted molar refractivity (Wildman–Crippen MR) is 159 cm³/mol. The van der Waals surface area contributed by atoms with Crippen LogP contribution in [0.3, 0.4) is 0 Å². The molecule has 2 heterocycles. The van der Waals surface area contributed by atoms with Crippen LogP contribution in [0.15, 0.2) is 42.6 Å². The highest BCUT2D eigenvalue weighted by Gasteiger charge is 2.36. The molecule has 0 unspecified atom stereocenters. The van der Waals surface area contributed by atoms with Gasteiger partial charge in [0.25, 0.3) is 6.47 Å². The summed E-state index contributed by atoms with van der Waals surface area (Å²) in [6.45, 7) is 5.88. The van der Waals surface area contributed by atoms with E-state index >= 15 is 0 Å². The molecule has 3 N–H and O–H groups in total. The van der Waals surface area contributed by atoms with Crippen molar-refractivity contribution in [3.63, 3.8) is 0 Å². The molecule has 240 valence electrons. The Bertz CT molecular complexity index is 1510. The first-order valence-corrected chi connectivity index (χ1v) is 15.1. The minimum absolute atomic E-state index is 0.0304. The van der Waals surface area contributed by atoms with Gasteiger partial charge in [0.15, 0.2) is 23.1 Å². The van der Waals surface area contributed by atoms with E-state index in [1.807, 2.05) is 6.92 Å². The second-order valence-corrected chi connectivity index (χ2v) is 11.2. The first-order valence-electron chi connectivity index (χ1n) is 13.7. The lowest BCUT2D eigenvalue weighted by Crippen LogP contribution is -2.37. The number of carbonyl (C=O) groups is 2. The maximum Gasteiger partial charge on any atom is 0.446 e. The number of aldehydes is 1. The van der Waals surface area contributed by atoms with Crippen LogP contribution in [0.5, 0.6) is 23.0 Å². The monoisotopic (exact) mass is 637 g/mol. The lowest BCUT2D eigenvalue weighted by atomic mass is 10.2. The van der Waals surface area contributed by atoms with Crippen molar-refractivity contribution >= 4 is 39.7 Å². The number of anilines is 1. The third kappa shape index (κ3) is 10.9. The molecule has 0 spiro atoms. The number of hydrogen-bond acceptors (Lipinski definition) is 11. The van der Waals surface area contributed by atoms with Gasteiger partial charge in [-0.25, -0.2) is 4.39 Å². The van der Waals surface area contributed by atoms with Gasteiger partial charge in [-0.05, 0) is 43.5 Å². The third-order valence-corrected chi connectivity index (χ3v) is 7.10. The van der Waals surface area contributed by atoms with Crippen LogP contribution in [0.2, 0.25) is 0 Å². The number of carbonyl (C=O) groups excluding carboxylic acids is 1. The average molecular weight is 638 g/mol. The van der Waals surface area contributed by atoms with Crippen LogP contribution < -0.4 is 19.0 Å². The summed E-state index contributed by atoms with van der Waals surface area (Å²) >= 11 is 0. The van der Waals surface area contributed by atoms with Crippen LogP contribution in [-0.2, 0) is 24.7 Å². The minimum Gasteiger partial charge on any atom is -0.490 e. The number of aromatic nitrogens is 1. The van der Waals surface area contributed by atoms with Crippen molar-refractivity contribution in [2.24, 2.45) is 5.41 Å². The van der Waals surface area contributed by atoms with Gasteiger partial charge in [-0.3, -0.25) is 19.2 Å². The molecule has 0 radical (unpaired) electrons. The molecule has 2 fully saturated rings. The van der Waals surface area contributed by atoms with Crippen molar-refractivity contribution < 1.29 is 50.5 Å². The molecule has 15 heteroatoms. The maximum atomic E-state index is 14.4. The molecule has 1 aromatic heterocycles. The maximum absolute atomic E-state index is 14.4. The van der Waals surface area contributed by atoms with Crippen molar-refractivity contribution in [2.45, 2.75) is 26.2 Å². The van der Waals surface area contributed by atoms with Gasteiger partial charge in [-0.2, -0.15) is 8.42 Å². The van der Waals surface area contributed by atoms with Crippen molar-refractivity contribution in [1.29, 1.82) is 0 Å². The molecule has 1 saturated carbocycles. The first kappa shape index (κ1) is 34.4. The van der Waals surface area contributed by atoms with E-state index < -0.39 is 16.2 Å². The second-order valence-electron chi connectivity index (χ2n) is 10.2. The Balaban J connectivity index is 0.000000509. The molecule has 0 amide bonds. The van der Waals surface area contributed by atoms with E-state index in [9.17, 15) is 22.2 Å². The summed E-state index contributed by atoms with van der Waals surface area (Å²) in [6.07, 6.45) is 5.42. The summed E-state index contributed by atoms with van der Waals surface area (Å²) in [5.74, 6) is -0.555. The molecule has 44 heavy (non-hydrogen) atoms. The molecule has 0 atom stereocenters. The van der Waals surface area contributed by atoms with Gasteiger partial charge in [-0.15, -0.1) is 0 Å². The number of halogens is 1. The number of nitrogens with zero attached hydrogens (tertiary/aromatic N) is 2. The SMILES string of the molecule is CC1(C=O)CC1.CNc1ccc(Oc2ccnc3cc(OCCCN4CCOCC4)c(OS(=O)(=O)O)cc23)c(F)c1.O=CO. The van der Waals surface area contributed by atoms with Gasteiger partial charge in [0, 0.05) is 61.5 Å². The highest BCUT2D eigenvalue weighted by atomic mass is 32.3. The highest BCUT2D eigenvalue weighted by Crippen LogP contribution is 2.42. The number of ether oxygens (including phenoxy) is 3. The number of fused-ring (bicyclic) bond motifs is 1. The van der Waals surface area contributed by atoms with E-state index in [-0.39, 0.29) is 41.5 Å². The lowest BCUT2D eigenvalue weighted by molar-refractivity contribution is -0.122. The number of hydrogen-bond donors (Lipinski definition) is 3. The first-order chi connectivity index (χ1) is 21.0. The lowest BCUT2D eigenvalue weighted by Gasteiger charge is -2.26. The topological polar surface area (TPSA) is 174 Å². The Kier molecular flexibility index (Phi) is 12.6. The largest absolute Gasteiger partial charge is 0.490 e. The summed E-state index contributed by atoms with van der Waals surface area (Å²) in [6, 6.07) is 8.72. The van der Waals surface area contributed by atoms with Crippen molar-refractivity contribution in [1.82, 2.24) is 9.88 Å². The van der Waals surface area contributed by atoms with Gasteiger partial charge < -0.3 is 33.6 Å². The van der Waals surface area contributed by atoms with E-state index in [1.165, 1.54) is 36.5 Å². The molecule has 1 aliphatic heterocycles. The molecule has 0 bridgehead atoms. The van der Waals surface area contributed by atoms with Crippen molar-refractivity contribution in [3.05, 3.63) is 48.4 Å². The van der Waals surface area contributed by atoms with E-state index in [2.05, 4.69) is 15.2 Å². The zero-order valence-electron chi connectivity index (χ0n) is 24.4. The number of nitrogens with one attached hydrogen (secondary N) is 1. The molecular weight excluding hydrogens is 601 g/mol. The van der Waals surface area contributed by atoms with Crippen LogP contribution in [0, 0.1) is 11.2 Å². The zero-order valence-corrected chi connectivity index (χ0v) is 25.2. The molecule has 1 saturated heterocycles. The predicted octanol–water partition coefficient (Wildman–Crippen LogP) is 4.18. The summed E-state index contributed by atoms with van der Waals surface area (Å²) in [5, 5.41) is 10.1. The molecule has 3 aromatic rings. The van der Waals surface area contributed by atoms with Crippen LogP contribution >= 0.6 is 0 Å². The number of rotatable bonds is 11. The Labute approximate surface area is 254 Å². The van der Waals surface area contributed by atoms with Crippen LogP contribution in [0.25, 0.3) is 10.9 Å². The fraction of sp³-hybridized carbons (Fsp3) is 0.414. The van der Waals surface area contributed by atoms with E-state index in [0.717, 1.165) is 38.8 Å². The Morgan fingerprint density at radius 3 is 2.36 bits per heavy atom. The smallest absolute Gasteiger partial charge is 0.446 e. The second kappa shape index (κ2) is 16.1. The Hall–Kier alpha value is -4.05. The van der Waals surface area contributed by atoms with Gasteiger partial charge in [0.05, 0.1) is 25.3 Å². The van der Waals surface area contributed by atoms with E-state index in [4.69, 9.17) is 28.3 Å². The minimum atomic E-state index is -4.83. The molecular formula is C29H36FN3O10S. The number of carboxylic acid groups (broad SMARTS) is 1. The third-order valence-electron chi connectivity index (χ3n) is 6.71. The number of pyridine rings is 1. The fourth-order valence-electron chi connectivity index (χ4n) is 3.98. The van der Waals surface area contributed by atoms with Crippen LogP contribution in [-0.4, -0.2) is 87.2 Å². The van der Waals surface area contributed by atoms with Gasteiger partial charge >= 0.3 is 10.4 Å². The normalized spacial score (nSPS) is 15.5. The zero-order chi connectivity index (χ0) is 32.2. The summed E-state index contributed by atoms with van der Waals surface area (Å²) in [4.78, 5) is 24.8. The van der Waals surface area contributed by atoms with E-state index in [0.29, 0.717) is 36.2 Å². The van der Waals surface area contributed by atoms with Gasteiger partial charge in [-0.1, -0.05) is 6.92 Å². The Morgan fingerprint density at radius 1 is 1.09 bits per heavy atom. The molecule has 2 aliphatic rings. The standard InChI is InChI=1S/C23H26FN3O7S.C5H8O.CH2O2/c1-25-16-3-4-21(18(24)13-16)33-20-5-6-26-19-15-22(23(14-17(19)20)34-35(28,29)30)32-10-2-7-27-8-11-31-12-9-27;1-5(4-6)2-3-5;2-1-3/h3-6,13-15,25H,2,7-12H2,1H3,(H,28,29,30);4H,2-3H2,1H3;1H,(H,2,3). The molecule has 2 aromatic carbocycles. The number of morpholine rings is 1. The molecule has 13 nitrogen and oxygen atoms in total. The van der Waals surface area contributed by atoms with Crippen LogP contribution in [0.4, 0.5) is 10.1 Å². The average Bonchev–Trinajstić information content (AvgIpc) is 3.75. The fourth-order valence-corrected chi connectivity index (χ4v) is 4.33. The Morgan fingerprint density at radius 2 is 1.80 bits per heavy atom. The van der Waals surface area contributed by atoms with Crippen LogP contribution in [0.1, 0.15) is 26.2 Å². The van der Waals surface area contributed by atoms with Gasteiger partial charge in [0.2, 0.25) is 0 Å². The summed E-state index contributed by atoms with van der Waals surface area (Å²) in [7, 11) is -3.16. The van der Waals surface area contributed by atoms with Crippen molar-refractivity contribution in [2.75, 3.05) is 51.8 Å². The van der Waals surface area contributed by atoms with E-state index in [1.54, 1.807) is 13.1 Å². The molecule has 1 aliphatic carbocycles.